The fourth-order valence-electron chi connectivity index (χ4n) is 4.08. The Bertz CT molecular complexity index is 952. The lowest BCUT2D eigenvalue weighted by atomic mass is 9.94. The highest BCUT2D eigenvalue weighted by Crippen LogP contribution is 2.23. The number of nitrogens with zero attached hydrogens (tertiary/aromatic N) is 3. The van der Waals surface area contributed by atoms with Crippen LogP contribution in [0.5, 0.6) is 11.5 Å². The van der Waals surface area contributed by atoms with E-state index in [-0.39, 0.29) is 17.9 Å². The molecule has 1 unspecified atom stereocenters. The minimum absolute atomic E-state index is 0.00774. The molecule has 0 radical (unpaired) electrons. The molecule has 1 aliphatic heterocycles. The van der Waals surface area contributed by atoms with Crippen molar-refractivity contribution in [3.63, 3.8) is 0 Å². The number of methoxy groups -OCH3 is 1. The lowest BCUT2D eigenvalue weighted by Crippen LogP contribution is -2.43. The zero-order valence-corrected chi connectivity index (χ0v) is 18.9. The number of benzene rings is 2. The number of nitrogens with one attached hydrogen (secondary N) is 1. The van der Waals surface area contributed by atoms with E-state index < -0.39 is 0 Å². The average Bonchev–Trinajstić information content (AvgIpc) is 2.89. The van der Waals surface area contributed by atoms with Gasteiger partial charge in [-0.15, -0.1) is 0 Å². The van der Waals surface area contributed by atoms with Gasteiger partial charge in [0.15, 0.2) is 0 Å². The molecule has 1 aromatic heterocycles. The lowest BCUT2D eigenvalue weighted by Gasteiger charge is -2.32. The van der Waals surface area contributed by atoms with Crippen molar-refractivity contribution in [3.8, 4) is 11.5 Å². The molecule has 33 heavy (non-hydrogen) atoms. The molecule has 4 rings (SSSR count). The number of amides is 1. The molecule has 1 amide bonds. The molecule has 2 aromatic carbocycles. The Balaban J connectivity index is 1.26. The van der Waals surface area contributed by atoms with Gasteiger partial charge in [0.1, 0.15) is 18.1 Å². The summed E-state index contributed by atoms with van der Waals surface area (Å²) in [6.45, 7) is 3.22. The summed E-state index contributed by atoms with van der Waals surface area (Å²) < 4.78 is 11.0. The maximum absolute atomic E-state index is 13.1. The van der Waals surface area contributed by atoms with Crippen LogP contribution >= 0.6 is 0 Å². The Morgan fingerprint density at radius 3 is 2.45 bits per heavy atom. The molecule has 3 aromatic rings. The fourth-order valence-corrected chi connectivity index (χ4v) is 4.08. The van der Waals surface area contributed by atoms with Crippen LogP contribution in [-0.4, -0.2) is 54.1 Å². The van der Waals surface area contributed by atoms with Gasteiger partial charge in [0.25, 0.3) is 0 Å². The van der Waals surface area contributed by atoms with Crippen molar-refractivity contribution in [2.45, 2.75) is 18.9 Å². The van der Waals surface area contributed by atoms with E-state index in [0.29, 0.717) is 6.61 Å². The first kappa shape index (κ1) is 22.7. The molecule has 1 atom stereocenters. The van der Waals surface area contributed by atoms with E-state index in [1.165, 1.54) is 0 Å². The van der Waals surface area contributed by atoms with Crippen molar-refractivity contribution in [1.29, 1.82) is 0 Å². The molecule has 7 heteroatoms. The van der Waals surface area contributed by atoms with E-state index >= 15 is 0 Å². The van der Waals surface area contributed by atoms with Gasteiger partial charge in [-0.05, 0) is 55.8 Å². The van der Waals surface area contributed by atoms with Crippen LogP contribution in [0, 0.1) is 5.92 Å². The second-order valence-electron chi connectivity index (χ2n) is 8.12. The number of likely N-dealkylation sites (tertiary alicyclic amines) is 1. The summed E-state index contributed by atoms with van der Waals surface area (Å²) in [7, 11) is 1.65. The number of rotatable bonds is 9. The molecule has 0 aliphatic carbocycles. The van der Waals surface area contributed by atoms with E-state index in [0.717, 1.165) is 55.2 Å². The van der Waals surface area contributed by atoms with Gasteiger partial charge in [-0.25, -0.2) is 0 Å². The number of carbonyl (C=O) groups is 1. The maximum Gasteiger partial charge on any atom is 0.224 e. The van der Waals surface area contributed by atoms with Gasteiger partial charge >= 0.3 is 0 Å². The van der Waals surface area contributed by atoms with Crippen LogP contribution in [0.4, 0.5) is 0 Å². The van der Waals surface area contributed by atoms with Gasteiger partial charge in [-0.3, -0.25) is 19.7 Å². The first-order chi connectivity index (χ1) is 16.2. The minimum Gasteiger partial charge on any atom is -0.497 e. The predicted molar refractivity (Wildman–Crippen MR) is 126 cm³/mol. The highest BCUT2D eigenvalue weighted by molar-refractivity contribution is 5.79. The fraction of sp³-hybridized carbons (Fsp3) is 0.346. The van der Waals surface area contributed by atoms with Crippen LogP contribution in [-0.2, 0) is 4.79 Å². The second kappa shape index (κ2) is 11.4. The molecule has 7 nitrogen and oxygen atoms in total. The van der Waals surface area contributed by atoms with Crippen molar-refractivity contribution in [2.75, 3.05) is 33.4 Å². The van der Waals surface area contributed by atoms with Crippen LogP contribution in [0.1, 0.15) is 30.1 Å². The Kier molecular flexibility index (Phi) is 7.87. The Hall–Kier alpha value is -3.45. The van der Waals surface area contributed by atoms with Crippen LogP contribution in [0.3, 0.4) is 0 Å². The molecule has 0 saturated carbocycles. The highest BCUT2D eigenvalue weighted by Gasteiger charge is 2.27. The predicted octanol–water partition coefficient (Wildman–Crippen LogP) is 3.48. The number of piperidine rings is 1. The molecule has 1 N–H and O–H groups in total. The van der Waals surface area contributed by atoms with Crippen molar-refractivity contribution in [3.05, 3.63) is 84.4 Å². The number of carbonyl (C=O) groups excluding carboxylic acids is 1. The summed E-state index contributed by atoms with van der Waals surface area (Å²) in [4.78, 5) is 24.1. The van der Waals surface area contributed by atoms with E-state index in [2.05, 4.69) is 20.2 Å². The van der Waals surface area contributed by atoms with Crippen LogP contribution in [0.15, 0.2) is 73.2 Å². The van der Waals surface area contributed by atoms with Crippen LogP contribution in [0.25, 0.3) is 0 Å². The third-order valence-corrected chi connectivity index (χ3v) is 5.99. The van der Waals surface area contributed by atoms with Gasteiger partial charge < -0.3 is 14.8 Å². The first-order valence-electron chi connectivity index (χ1n) is 11.3. The van der Waals surface area contributed by atoms with E-state index in [9.17, 15) is 4.79 Å². The van der Waals surface area contributed by atoms with Crippen LogP contribution in [0.2, 0.25) is 0 Å². The van der Waals surface area contributed by atoms with Gasteiger partial charge in [0.2, 0.25) is 5.91 Å². The molecule has 2 heterocycles. The number of aromatic nitrogens is 2. The monoisotopic (exact) mass is 446 g/mol. The lowest BCUT2D eigenvalue weighted by molar-refractivity contribution is -0.127. The molecule has 0 spiro atoms. The number of hydrogen-bond acceptors (Lipinski definition) is 6. The second-order valence-corrected chi connectivity index (χ2v) is 8.12. The van der Waals surface area contributed by atoms with E-state index in [1.807, 2.05) is 54.6 Å². The Labute approximate surface area is 194 Å². The molecule has 0 bridgehead atoms. The average molecular weight is 447 g/mol. The summed E-state index contributed by atoms with van der Waals surface area (Å²) in [5.74, 6) is 1.72. The molecule has 1 saturated heterocycles. The topological polar surface area (TPSA) is 76.6 Å². The standard InChI is InChI=1S/C26H30N4O3/c1-32-22-7-9-23(10-8-22)33-18-17-30-15-11-21(12-16-30)26(31)29-25(20-5-3-2-4-6-20)24-19-27-13-14-28-24/h2-10,13-14,19,21,25H,11-12,15-18H2,1H3,(H,29,31). The smallest absolute Gasteiger partial charge is 0.224 e. The summed E-state index contributed by atoms with van der Waals surface area (Å²) in [5.41, 5.74) is 1.74. The van der Waals surface area contributed by atoms with Crippen LogP contribution < -0.4 is 14.8 Å². The summed E-state index contributed by atoms with van der Waals surface area (Å²) in [5, 5.41) is 3.21. The number of ether oxygens (including phenoxy) is 2. The van der Waals surface area contributed by atoms with E-state index in [1.54, 1.807) is 25.7 Å². The highest BCUT2D eigenvalue weighted by atomic mass is 16.5. The third-order valence-electron chi connectivity index (χ3n) is 5.99. The van der Waals surface area contributed by atoms with Gasteiger partial charge in [0.05, 0.1) is 25.0 Å². The van der Waals surface area contributed by atoms with Gasteiger partial charge in [-0.2, -0.15) is 0 Å². The summed E-state index contributed by atoms with van der Waals surface area (Å²) >= 11 is 0. The quantitative estimate of drug-likeness (QED) is 0.542. The van der Waals surface area contributed by atoms with Crippen molar-refractivity contribution in [2.24, 2.45) is 5.92 Å². The summed E-state index contributed by atoms with van der Waals surface area (Å²) in [6, 6.07) is 17.2. The molecule has 1 aliphatic rings. The molecule has 172 valence electrons. The molecular formula is C26H30N4O3. The van der Waals surface area contributed by atoms with Crippen molar-refractivity contribution >= 4 is 5.91 Å². The van der Waals surface area contributed by atoms with Crippen molar-refractivity contribution in [1.82, 2.24) is 20.2 Å². The zero-order valence-electron chi connectivity index (χ0n) is 18.9. The largest absolute Gasteiger partial charge is 0.497 e. The first-order valence-corrected chi connectivity index (χ1v) is 11.3. The van der Waals surface area contributed by atoms with Gasteiger partial charge in [0, 0.05) is 24.9 Å². The van der Waals surface area contributed by atoms with Gasteiger partial charge in [-0.1, -0.05) is 30.3 Å². The third kappa shape index (κ3) is 6.29. The zero-order chi connectivity index (χ0) is 22.9. The maximum atomic E-state index is 13.1. The molecular weight excluding hydrogens is 416 g/mol. The SMILES string of the molecule is COc1ccc(OCCN2CCC(C(=O)NC(c3ccccc3)c3cnccn3)CC2)cc1. The van der Waals surface area contributed by atoms with Crippen molar-refractivity contribution < 1.29 is 14.3 Å². The normalized spacial score (nSPS) is 15.5. The van der Waals surface area contributed by atoms with E-state index in [4.69, 9.17) is 9.47 Å². The summed E-state index contributed by atoms with van der Waals surface area (Å²) in [6.07, 6.45) is 6.67. The number of hydrogen-bond donors (Lipinski definition) is 1. The minimum atomic E-state index is -0.302. The Morgan fingerprint density at radius 2 is 1.79 bits per heavy atom. The Morgan fingerprint density at radius 1 is 1.06 bits per heavy atom. The molecule has 1 fully saturated rings.